The first kappa shape index (κ1) is 22.4. The number of hydrogen-bond donors (Lipinski definition) is 3. The van der Waals surface area contributed by atoms with Crippen LogP contribution in [0.4, 0.5) is 0 Å². The molecule has 0 aromatic rings. The van der Waals surface area contributed by atoms with Gasteiger partial charge in [-0.05, 0) is 0 Å². The molecular weight excluding hydrogens is 250 g/mol. The number of rotatable bonds is 2. The van der Waals surface area contributed by atoms with Crippen molar-refractivity contribution >= 4 is 18.6 Å². The van der Waals surface area contributed by atoms with Crippen LogP contribution in [0.2, 0.25) is 0 Å². The van der Waals surface area contributed by atoms with Gasteiger partial charge in [-0.3, -0.25) is 4.79 Å². The van der Waals surface area contributed by atoms with Crippen molar-refractivity contribution in [3.8, 4) is 0 Å². The Bertz CT molecular complexity index is 86.9. The SMILES string of the molecule is NC(CS)C(=O)O.[Cl-].[Cl-].[Zn+2]. The average Bonchev–Trinajstić information content (AvgIpc) is 1.65. The van der Waals surface area contributed by atoms with Crippen molar-refractivity contribution in [2.75, 3.05) is 5.75 Å². The van der Waals surface area contributed by atoms with E-state index in [2.05, 4.69) is 12.6 Å². The van der Waals surface area contributed by atoms with E-state index < -0.39 is 12.0 Å². The summed E-state index contributed by atoms with van der Waals surface area (Å²) < 4.78 is 0. The smallest absolute Gasteiger partial charge is 1.00 e. The molecule has 0 amide bonds. The summed E-state index contributed by atoms with van der Waals surface area (Å²) in [4.78, 5) is 9.76. The molecule has 58 valence electrons. The number of aliphatic carboxylic acids is 1. The predicted molar refractivity (Wildman–Crippen MR) is 29.5 cm³/mol. The molecule has 0 bridgehead atoms. The fourth-order valence-electron chi connectivity index (χ4n) is 0.0781. The van der Waals surface area contributed by atoms with Gasteiger partial charge in [0.25, 0.3) is 0 Å². The molecule has 0 aliphatic heterocycles. The first-order valence-electron chi connectivity index (χ1n) is 1.77. The van der Waals surface area contributed by atoms with Crippen LogP contribution >= 0.6 is 12.6 Å². The van der Waals surface area contributed by atoms with Crippen molar-refractivity contribution in [2.45, 2.75) is 6.04 Å². The Labute approximate surface area is 90.1 Å². The van der Waals surface area contributed by atoms with Gasteiger partial charge >= 0.3 is 25.4 Å². The van der Waals surface area contributed by atoms with Gasteiger partial charge in [0, 0.05) is 5.75 Å². The minimum atomic E-state index is -1.00. The summed E-state index contributed by atoms with van der Waals surface area (Å²) in [6, 6.07) is -0.816. The second-order valence-electron chi connectivity index (χ2n) is 1.13. The zero-order valence-corrected chi connectivity index (χ0v) is 10.5. The van der Waals surface area contributed by atoms with Crippen molar-refractivity contribution in [2.24, 2.45) is 5.73 Å². The van der Waals surface area contributed by atoms with Crippen LogP contribution in [0.15, 0.2) is 0 Å². The van der Waals surface area contributed by atoms with Gasteiger partial charge in [-0.1, -0.05) is 0 Å². The van der Waals surface area contributed by atoms with Crippen LogP contribution in [-0.4, -0.2) is 22.9 Å². The van der Waals surface area contributed by atoms with Crippen molar-refractivity contribution in [3.05, 3.63) is 0 Å². The molecule has 0 rings (SSSR count). The average molecular weight is 257 g/mol. The predicted octanol–water partition coefficient (Wildman–Crippen LogP) is -6.67. The van der Waals surface area contributed by atoms with E-state index in [4.69, 9.17) is 10.8 Å². The minimum Gasteiger partial charge on any atom is -1.00 e. The molecule has 0 aliphatic rings. The first-order chi connectivity index (χ1) is 3.18. The van der Waals surface area contributed by atoms with E-state index in [1.807, 2.05) is 0 Å². The fourth-order valence-corrected chi connectivity index (χ4v) is 0.234. The Morgan fingerprint density at radius 1 is 1.60 bits per heavy atom. The third kappa shape index (κ3) is 11.7. The molecule has 3 nitrogen and oxygen atoms in total. The molecule has 3 N–H and O–H groups in total. The summed E-state index contributed by atoms with van der Waals surface area (Å²) in [5.74, 6) is -0.815. The quantitative estimate of drug-likeness (QED) is 0.340. The summed E-state index contributed by atoms with van der Waals surface area (Å²) in [5, 5.41) is 8.01. The van der Waals surface area contributed by atoms with Crippen molar-refractivity contribution < 1.29 is 54.2 Å². The molecule has 0 saturated heterocycles. The molecule has 1 unspecified atom stereocenters. The largest absolute Gasteiger partial charge is 2.00 e. The van der Waals surface area contributed by atoms with E-state index in [1.54, 1.807) is 0 Å². The normalized spacial score (nSPS) is 9.40. The maximum atomic E-state index is 9.76. The van der Waals surface area contributed by atoms with Gasteiger partial charge in [-0.15, -0.1) is 0 Å². The van der Waals surface area contributed by atoms with Crippen molar-refractivity contribution in [3.63, 3.8) is 0 Å². The Morgan fingerprint density at radius 2 is 1.90 bits per heavy atom. The van der Waals surface area contributed by atoms with Gasteiger partial charge in [0.2, 0.25) is 0 Å². The maximum absolute atomic E-state index is 9.76. The van der Waals surface area contributed by atoms with E-state index >= 15 is 0 Å². The summed E-state index contributed by atoms with van der Waals surface area (Å²) in [5.41, 5.74) is 4.94. The van der Waals surface area contributed by atoms with Crippen LogP contribution in [0.1, 0.15) is 0 Å². The molecule has 0 aromatic carbocycles. The van der Waals surface area contributed by atoms with Gasteiger partial charge < -0.3 is 35.7 Å². The molecule has 0 radical (unpaired) electrons. The third-order valence-electron chi connectivity index (χ3n) is 0.514. The van der Waals surface area contributed by atoms with E-state index in [0.29, 0.717) is 0 Å². The van der Waals surface area contributed by atoms with Crippen LogP contribution in [0, 0.1) is 0 Å². The zero-order valence-electron chi connectivity index (χ0n) is 5.13. The third-order valence-corrected chi connectivity index (χ3v) is 0.907. The number of thiol groups is 1. The Hall–Kier alpha value is 0.983. The standard InChI is InChI=1S/C3H7NO2S.2ClH.Zn/c4-2(1-7)3(5)6;;;/h2,7H,1,4H2,(H,5,6);2*1H;/q;;;+2/p-2. The number of hydrogen-bond acceptors (Lipinski definition) is 3. The summed E-state index contributed by atoms with van der Waals surface area (Å²) in [7, 11) is 0. The summed E-state index contributed by atoms with van der Waals surface area (Å²) >= 11 is 3.65. The minimum absolute atomic E-state index is 0. The Balaban J connectivity index is -0.0000000600. The van der Waals surface area contributed by atoms with Crippen molar-refractivity contribution in [1.82, 2.24) is 0 Å². The van der Waals surface area contributed by atoms with Gasteiger partial charge in [0.1, 0.15) is 6.04 Å². The molecule has 0 heterocycles. The number of halogens is 2. The molecule has 1 atom stereocenters. The molecule has 0 aromatic heterocycles. The van der Waals surface area contributed by atoms with Gasteiger partial charge in [0.15, 0.2) is 0 Å². The van der Waals surface area contributed by atoms with Crippen LogP contribution in [0.25, 0.3) is 0 Å². The summed E-state index contributed by atoms with van der Waals surface area (Å²) in [6.45, 7) is 0. The van der Waals surface area contributed by atoms with E-state index in [0.717, 1.165) is 0 Å². The molecule has 0 saturated carbocycles. The Morgan fingerprint density at radius 3 is 1.90 bits per heavy atom. The molecule has 0 spiro atoms. The van der Waals surface area contributed by atoms with Crippen LogP contribution < -0.4 is 30.5 Å². The zero-order chi connectivity index (χ0) is 5.86. The monoisotopic (exact) mass is 255 g/mol. The first-order valence-corrected chi connectivity index (χ1v) is 2.41. The number of carboxylic acids is 1. The van der Waals surface area contributed by atoms with E-state index in [9.17, 15) is 4.79 Å². The molecule has 10 heavy (non-hydrogen) atoms. The number of carboxylic acid groups (broad SMARTS) is 1. The van der Waals surface area contributed by atoms with E-state index in [1.165, 1.54) is 0 Å². The number of nitrogens with two attached hydrogens (primary N) is 1. The second-order valence-corrected chi connectivity index (χ2v) is 1.49. The number of carbonyl (C=O) groups is 1. The van der Waals surface area contributed by atoms with Gasteiger partial charge in [-0.25, -0.2) is 0 Å². The van der Waals surface area contributed by atoms with Gasteiger partial charge in [-0.2, -0.15) is 12.6 Å². The molecular formula is C3H7Cl2NO2SZn. The van der Waals surface area contributed by atoms with Crippen LogP contribution in [0.3, 0.4) is 0 Å². The fraction of sp³-hybridized carbons (Fsp3) is 0.667. The van der Waals surface area contributed by atoms with Crippen LogP contribution in [0.5, 0.6) is 0 Å². The van der Waals surface area contributed by atoms with E-state index in [-0.39, 0.29) is 50.0 Å². The second kappa shape index (κ2) is 12.6. The molecule has 0 aliphatic carbocycles. The topological polar surface area (TPSA) is 63.3 Å². The maximum Gasteiger partial charge on any atom is 2.00 e. The van der Waals surface area contributed by atoms with Gasteiger partial charge in [0.05, 0.1) is 0 Å². The summed E-state index contributed by atoms with van der Waals surface area (Å²) in [6.07, 6.45) is 0. The van der Waals surface area contributed by atoms with Crippen molar-refractivity contribution in [1.29, 1.82) is 0 Å². The molecule has 7 heteroatoms. The Kier molecular flexibility index (Phi) is 28.4. The molecule has 0 fully saturated rings. The van der Waals surface area contributed by atoms with Crippen LogP contribution in [-0.2, 0) is 24.3 Å².